The smallest absolute Gasteiger partial charge is 0.0406 e. The molecule has 0 bridgehead atoms. The van der Waals surface area contributed by atoms with E-state index in [2.05, 4.69) is 5.92 Å². The molecular weight excluding hydrogens is 156 g/mol. The third kappa shape index (κ3) is 2.65. The van der Waals surface area contributed by atoms with Gasteiger partial charge in [0.2, 0.25) is 0 Å². The van der Waals surface area contributed by atoms with Crippen molar-refractivity contribution in [1.29, 1.82) is 0 Å². The quantitative estimate of drug-likeness (QED) is 0.589. The summed E-state index contributed by atoms with van der Waals surface area (Å²) >= 11 is 5.70. The molecule has 0 amide bonds. The van der Waals surface area contributed by atoms with Crippen molar-refractivity contribution in [1.82, 2.24) is 0 Å². The summed E-state index contributed by atoms with van der Waals surface area (Å²) < 4.78 is 0. The van der Waals surface area contributed by atoms with Crippen LogP contribution >= 0.6 is 11.6 Å². The molecule has 0 unspecified atom stereocenters. The third-order valence-electron chi connectivity index (χ3n) is 1.37. The van der Waals surface area contributed by atoms with Crippen molar-refractivity contribution >= 4 is 11.6 Å². The maximum Gasteiger partial charge on any atom is 0.0406 e. The molecule has 11 heavy (non-hydrogen) atoms. The third-order valence-corrected chi connectivity index (χ3v) is 1.62. The van der Waals surface area contributed by atoms with Crippen LogP contribution in [-0.4, -0.2) is 0 Å². The van der Waals surface area contributed by atoms with Crippen molar-refractivity contribution in [2.45, 2.75) is 6.42 Å². The average molecular weight is 164 g/mol. The van der Waals surface area contributed by atoms with Gasteiger partial charge in [-0.05, 0) is 24.1 Å². The van der Waals surface area contributed by atoms with E-state index in [0.29, 0.717) is 0 Å². The normalized spacial score (nSPS) is 9.09. The van der Waals surface area contributed by atoms with E-state index in [4.69, 9.17) is 18.0 Å². The van der Waals surface area contributed by atoms with Crippen molar-refractivity contribution in [2.24, 2.45) is 0 Å². The van der Waals surface area contributed by atoms with E-state index < -0.39 is 0 Å². The number of hydrogen-bond acceptors (Lipinski definition) is 0. The van der Waals surface area contributed by atoms with E-state index >= 15 is 0 Å². The Morgan fingerprint density at radius 2 is 2.00 bits per heavy atom. The van der Waals surface area contributed by atoms with Gasteiger partial charge < -0.3 is 0 Å². The molecule has 0 heterocycles. The fourth-order valence-electron chi connectivity index (χ4n) is 0.797. The number of terminal acetylenes is 1. The zero-order valence-corrected chi connectivity index (χ0v) is 6.81. The van der Waals surface area contributed by atoms with Crippen LogP contribution in [0.4, 0.5) is 0 Å². The number of rotatable bonds is 2. The van der Waals surface area contributed by atoms with Gasteiger partial charge in [0.15, 0.2) is 0 Å². The minimum Gasteiger partial charge on any atom is -0.120 e. The van der Waals surface area contributed by atoms with Crippen LogP contribution in [0.25, 0.3) is 0 Å². The molecule has 0 aliphatic heterocycles. The van der Waals surface area contributed by atoms with Gasteiger partial charge in [0.05, 0.1) is 0 Å². The number of benzene rings is 1. The van der Waals surface area contributed by atoms with Crippen molar-refractivity contribution < 1.29 is 0 Å². The SMILES string of the molecule is C#C[CH]Cc1ccc(Cl)cc1. The van der Waals surface area contributed by atoms with Gasteiger partial charge in [0.1, 0.15) is 0 Å². The Balaban J connectivity index is 2.60. The molecule has 1 aromatic carbocycles. The molecule has 0 N–H and O–H groups in total. The second kappa shape index (κ2) is 4.05. The molecule has 0 spiro atoms. The maximum absolute atomic E-state index is 5.70. The van der Waals surface area contributed by atoms with E-state index in [1.807, 2.05) is 24.3 Å². The van der Waals surface area contributed by atoms with Crippen LogP contribution in [-0.2, 0) is 6.42 Å². The van der Waals surface area contributed by atoms with Gasteiger partial charge in [0.25, 0.3) is 0 Å². The largest absolute Gasteiger partial charge is 0.120 e. The van der Waals surface area contributed by atoms with Gasteiger partial charge in [-0.2, -0.15) is 0 Å². The van der Waals surface area contributed by atoms with Crippen LogP contribution in [0.3, 0.4) is 0 Å². The second-order valence-electron chi connectivity index (χ2n) is 2.20. The lowest BCUT2D eigenvalue weighted by Gasteiger charge is -1.95. The van der Waals surface area contributed by atoms with E-state index in [0.717, 1.165) is 11.4 Å². The van der Waals surface area contributed by atoms with Crippen LogP contribution in [0.15, 0.2) is 24.3 Å². The predicted molar refractivity (Wildman–Crippen MR) is 48.3 cm³/mol. The summed E-state index contributed by atoms with van der Waals surface area (Å²) in [5.74, 6) is 2.47. The number of halogens is 1. The van der Waals surface area contributed by atoms with Crippen LogP contribution in [0.2, 0.25) is 5.02 Å². The summed E-state index contributed by atoms with van der Waals surface area (Å²) in [4.78, 5) is 0. The summed E-state index contributed by atoms with van der Waals surface area (Å²) in [5, 5.41) is 0.759. The minimum absolute atomic E-state index is 0.759. The maximum atomic E-state index is 5.70. The summed E-state index contributed by atoms with van der Waals surface area (Å²) in [6.07, 6.45) is 7.67. The molecule has 55 valence electrons. The van der Waals surface area contributed by atoms with Crippen molar-refractivity contribution in [3.05, 3.63) is 41.3 Å². The molecule has 0 saturated heterocycles. The molecular formula is C10H8Cl. The molecule has 0 nitrogen and oxygen atoms in total. The summed E-state index contributed by atoms with van der Waals surface area (Å²) in [6, 6.07) is 7.66. The Morgan fingerprint density at radius 1 is 1.36 bits per heavy atom. The molecule has 0 saturated carbocycles. The fraction of sp³-hybridized carbons (Fsp3) is 0.100. The molecule has 0 aliphatic carbocycles. The highest BCUT2D eigenvalue weighted by Crippen LogP contribution is 2.10. The lowest BCUT2D eigenvalue weighted by molar-refractivity contribution is 1.21. The van der Waals surface area contributed by atoms with Gasteiger partial charge in [-0.3, -0.25) is 0 Å². The van der Waals surface area contributed by atoms with Crippen molar-refractivity contribution in [3.63, 3.8) is 0 Å². The van der Waals surface area contributed by atoms with Crippen molar-refractivity contribution in [2.75, 3.05) is 0 Å². The van der Waals surface area contributed by atoms with Gasteiger partial charge in [-0.1, -0.05) is 23.7 Å². The predicted octanol–water partition coefficient (Wildman–Crippen LogP) is 2.72. The van der Waals surface area contributed by atoms with Crippen LogP contribution in [0, 0.1) is 18.8 Å². The van der Waals surface area contributed by atoms with Crippen molar-refractivity contribution in [3.8, 4) is 12.3 Å². The Morgan fingerprint density at radius 3 is 2.55 bits per heavy atom. The molecule has 0 aliphatic rings. The van der Waals surface area contributed by atoms with E-state index in [9.17, 15) is 0 Å². The molecule has 1 heteroatoms. The highest BCUT2D eigenvalue weighted by molar-refractivity contribution is 6.30. The number of hydrogen-bond donors (Lipinski definition) is 0. The Kier molecular flexibility index (Phi) is 3.01. The lowest BCUT2D eigenvalue weighted by atomic mass is 10.1. The first-order chi connectivity index (χ1) is 5.33. The zero-order chi connectivity index (χ0) is 8.10. The lowest BCUT2D eigenvalue weighted by Crippen LogP contribution is -1.82. The highest BCUT2D eigenvalue weighted by atomic mass is 35.5. The molecule has 1 aromatic rings. The van der Waals surface area contributed by atoms with Crippen LogP contribution in [0.1, 0.15) is 5.56 Å². The van der Waals surface area contributed by atoms with Gasteiger partial charge >= 0.3 is 0 Å². The topological polar surface area (TPSA) is 0 Å². The molecule has 1 radical (unpaired) electrons. The molecule has 0 atom stereocenters. The summed E-state index contributed by atoms with van der Waals surface area (Å²) in [7, 11) is 0. The first kappa shape index (κ1) is 8.17. The van der Waals surface area contributed by atoms with E-state index in [1.165, 1.54) is 5.56 Å². The first-order valence-electron chi connectivity index (χ1n) is 3.35. The fourth-order valence-corrected chi connectivity index (χ4v) is 0.923. The first-order valence-corrected chi connectivity index (χ1v) is 3.73. The zero-order valence-electron chi connectivity index (χ0n) is 6.05. The Bertz CT molecular complexity index is 253. The standard InChI is InChI=1S/C10H8Cl/c1-2-3-4-9-5-7-10(11)8-6-9/h1,3,5-8H,4H2. The summed E-state index contributed by atoms with van der Waals surface area (Å²) in [6.45, 7) is 0. The highest BCUT2D eigenvalue weighted by Gasteiger charge is 1.90. The van der Waals surface area contributed by atoms with E-state index in [-0.39, 0.29) is 0 Å². The van der Waals surface area contributed by atoms with Gasteiger partial charge in [-0.15, -0.1) is 12.3 Å². The van der Waals surface area contributed by atoms with E-state index in [1.54, 1.807) is 6.42 Å². The monoisotopic (exact) mass is 163 g/mol. The Labute approximate surface area is 72.2 Å². The Hall–Kier alpha value is -0.930. The van der Waals surface area contributed by atoms with Gasteiger partial charge in [0, 0.05) is 11.4 Å². The average Bonchev–Trinajstić information content (AvgIpc) is 2.04. The molecule has 1 rings (SSSR count). The van der Waals surface area contributed by atoms with Crippen LogP contribution in [0.5, 0.6) is 0 Å². The minimum atomic E-state index is 0.759. The molecule has 0 fully saturated rings. The van der Waals surface area contributed by atoms with Crippen LogP contribution < -0.4 is 0 Å². The molecule has 0 aromatic heterocycles. The summed E-state index contributed by atoms with van der Waals surface area (Å²) in [5.41, 5.74) is 1.19. The second-order valence-corrected chi connectivity index (χ2v) is 2.64. The van der Waals surface area contributed by atoms with Gasteiger partial charge in [-0.25, -0.2) is 0 Å².